The van der Waals surface area contributed by atoms with Crippen LogP contribution in [-0.2, 0) is 11.3 Å². The molecule has 4 N–H and O–H groups in total. The molecule has 0 aromatic heterocycles. The first kappa shape index (κ1) is 18.9. The van der Waals surface area contributed by atoms with Gasteiger partial charge in [-0.25, -0.2) is 10.2 Å². The van der Waals surface area contributed by atoms with Crippen LogP contribution in [0.3, 0.4) is 0 Å². The second-order valence-electron chi connectivity index (χ2n) is 4.23. The Balaban J connectivity index is 0.00000361. The van der Waals surface area contributed by atoms with E-state index in [0.717, 1.165) is 5.56 Å². The number of nitrogens with zero attached hydrogens (tertiary/aromatic N) is 1. The SMILES string of the molecule is N/C(=C\N(N)Cc1ccc(F)cc1)CCCC(=O)[O-].[Na+]. The van der Waals surface area contributed by atoms with Crippen molar-refractivity contribution in [2.45, 2.75) is 25.8 Å². The smallest absolute Gasteiger partial charge is 0.550 e. The van der Waals surface area contributed by atoms with Crippen molar-refractivity contribution in [1.82, 2.24) is 5.01 Å². The molecule has 0 spiro atoms. The number of carboxylic acids is 1. The number of halogens is 1. The molecular formula is C13H17FN3NaO2. The van der Waals surface area contributed by atoms with E-state index in [2.05, 4.69) is 0 Å². The molecule has 7 heteroatoms. The van der Waals surface area contributed by atoms with E-state index in [9.17, 15) is 14.3 Å². The quantitative estimate of drug-likeness (QED) is 0.322. The van der Waals surface area contributed by atoms with Crippen molar-refractivity contribution in [2.24, 2.45) is 11.6 Å². The molecule has 1 aromatic rings. The van der Waals surface area contributed by atoms with Crippen molar-refractivity contribution in [3.63, 3.8) is 0 Å². The van der Waals surface area contributed by atoms with Gasteiger partial charge < -0.3 is 20.6 Å². The van der Waals surface area contributed by atoms with Gasteiger partial charge in [0, 0.05) is 17.9 Å². The van der Waals surface area contributed by atoms with Crippen molar-refractivity contribution in [3.8, 4) is 0 Å². The molecule has 0 atom stereocenters. The number of nitrogens with two attached hydrogens (primary N) is 2. The summed E-state index contributed by atoms with van der Waals surface area (Å²) in [5, 5.41) is 11.6. The molecule has 0 bridgehead atoms. The number of carbonyl (C=O) groups excluding carboxylic acids is 1. The Morgan fingerprint density at radius 1 is 1.30 bits per heavy atom. The zero-order chi connectivity index (χ0) is 14.3. The average Bonchev–Trinajstić information content (AvgIpc) is 2.31. The van der Waals surface area contributed by atoms with Crippen molar-refractivity contribution in [2.75, 3.05) is 0 Å². The first-order chi connectivity index (χ1) is 8.97. The van der Waals surface area contributed by atoms with Crippen molar-refractivity contribution >= 4 is 5.97 Å². The molecule has 0 aliphatic carbocycles. The summed E-state index contributed by atoms with van der Waals surface area (Å²) in [5.41, 5.74) is 7.05. The van der Waals surface area contributed by atoms with Crippen LogP contribution < -0.4 is 46.2 Å². The second-order valence-corrected chi connectivity index (χ2v) is 4.23. The van der Waals surface area contributed by atoms with Crippen LogP contribution >= 0.6 is 0 Å². The van der Waals surface area contributed by atoms with Crippen LogP contribution in [0.25, 0.3) is 0 Å². The number of carboxylic acid groups (broad SMARTS) is 1. The van der Waals surface area contributed by atoms with Crippen LogP contribution in [0.2, 0.25) is 0 Å². The van der Waals surface area contributed by atoms with E-state index in [1.165, 1.54) is 17.1 Å². The molecule has 0 unspecified atom stereocenters. The fourth-order valence-corrected chi connectivity index (χ4v) is 1.56. The van der Waals surface area contributed by atoms with Crippen molar-refractivity contribution < 1.29 is 43.8 Å². The number of carbonyl (C=O) groups is 1. The van der Waals surface area contributed by atoms with Crippen LogP contribution in [-0.4, -0.2) is 11.0 Å². The Labute approximate surface area is 139 Å². The van der Waals surface area contributed by atoms with Gasteiger partial charge in [0.05, 0.1) is 6.54 Å². The molecule has 0 fully saturated rings. The van der Waals surface area contributed by atoms with Crippen LogP contribution in [0.4, 0.5) is 4.39 Å². The van der Waals surface area contributed by atoms with Gasteiger partial charge in [-0.1, -0.05) is 12.1 Å². The first-order valence-corrected chi connectivity index (χ1v) is 5.89. The Hall–Kier alpha value is -1.08. The fraction of sp³-hybridized carbons (Fsp3) is 0.308. The molecule has 104 valence electrons. The third kappa shape index (κ3) is 8.16. The van der Waals surface area contributed by atoms with E-state index in [0.29, 0.717) is 25.1 Å². The predicted octanol–water partition coefficient (Wildman–Crippen LogP) is -2.77. The summed E-state index contributed by atoms with van der Waals surface area (Å²) in [4.78, 5) is 10.2. The Bertz CT molecular complexity index is 451. The maximum Gasteiger partial charge on any atom is 1.00 e. The number of hydrogen-bond donors (Lipinski definition) is 2. The number of hydrazine groups is 1. The maximum absolute atomic E-state index is 12.7. The third-order valence-electron chi connectivity index (χ3n) is 2.46. The van der Waals surface area contributed by atoms with Gasteiger partial charge in [0.1, 0.15) is 5.82 Å². The standard InChI is InChI=1S/C13H18FN3O2.Na/c14-11-6-4-10(5-7-11)8-17(16)9-12(15)2-1-3-13(18)19;/h4-7,9H,1-3,8,15-16H2,(H,18,19);/q;+1/p-1/b12-9-;. The monoisotopic (exact) mass is 289 g/mol. The van der Waals surface area contributed by atoms with Gasteiger partial charge in [-0.15, -0.1) is 0 Å². The van der Waals surface area contributed by atoms with E-state index in [1.54, 1.807) is 18.3 Å². The topological polar surface area (TPSA) is 95.4 Å². The summed E-state index contributed by atoms with van der Waals surface area (Å²) in [7, 11) is 0. The molecule has 0 saturated carbocycles. The molecule has 0 aliphatic rings. The van der Waals surface area contributed by atoms with Gasteiger partial charge in [0.25, 0.3) is 0 Å². The summed E-state index contributed by atoms with van der Waals surface area (Å²) in [6.45, 7) is 0.390. The minimum atomic E-state index is -1.09. The Kier molecular flexibility index (Phi) is 9.24. The second kappa shape index (κ2) is 9.77. The first-order valence-electron chi connectivity index (χ1n) is 5.89. The van der Waals surface area contributed by atoms with E-state index >= 15 is 0 Å². The van der Waals surface area contributed by atoms with Crippen molar-refractivity contribution in [3.05, 3.63) is 47.5 Å². The van der Waals surface area contributed by atoms with E-state index in [1.807, 2.05) is 0 Å². The predicted molar refractivity (Wildman–Crippen MR) is 67.3 cm³/mol. The number of rotatable bonds is 7. The Morgan fingerprint density at radius 3 is 2.45 bits per heavy atom. The molecule has 1 aromatic carbocycles. The maximum atomic E-state index is 12.7. The number of aliphatic carboxylic acids is 1. The molecule has 0 radical (unpaired) electrons. The number of hydrogen-bond acceptors (Lipinski definition) is 5. The van der Waals surface area contributed by atoms with Gasteiger partial charge >= 0.3 is 29.6 Å². The van der Waals surface area contributed by atoms with Gasteiger partial charge in [0.15, 0.2) is 0 Å². The zero-order valence-electron chi connectivity index (χ0n) is 11.5. The number of allylic oxidation sites excluding steroid dienone is 1. The molecule has 1 rings (SSSR count). The van der Waals surface area contributed by atoms with E-state index < -0.39 is 5.97 Å². The largest absolute Gasteiger partial charge is 1.00 e. The molecule has 5 nitrogen and oxygen atoms in total. The molecule has 0 amide bonds. The summed E-state index contributed by atoms with van der Waals surface area (Å²) >= 11 is 0. The van der Waals surface area contributed by atoms with Gasteiger partial charge in [-0.3, -0.25) is 0 Å². The molecule has 0 saturated heterocycles. The minimum absolute atomic E-state index is 0. The average molecular weight is 289 g/mol. The van der Waals surface area contributed by atoms with Gasteiger partial charge in [-0.05, 0) is 37.0 Å². The van der Waals surface area contributed by atoms with Crippen LogP contribution in [0.15, 0.2) is 36.2 Å². The third-order valence-corrected chi connectivity index (χ3v) is 2.46. The number of benzene rings is 1. The molecular weight excluding hydrogens is 272 g/mol. The summed E-state index contributed by atoms with van der Waals surface area (Å²) in [5.74, 6) is 4.34. The zero-order valence-corrected chi connectivity index (χ0v) is 13.5. The van der Waals surface area contributed by atoms with Crippen LogP contribution in [0, 0.1) is 5.82 Å². The molecule has 20 heavy (non-hydrogen) atoms. The molecule has 0 aliphatic heterocycles. The van der Waals surface area contributed by atoms with E-state index in [-0.39, 0.29) is 41.8 Å². The van der Waals surface area contributed by atoms with E-state index in [4.69, 9.17) is 11.6 Å². The fourth-order valence-electron chi connectivity index (χ4n) is 1.56. The van der Waals surface area contributed by atoms with Crippen molar-refractivity contribution in [1.29, 1.82) is 0 Å². The summed E-state index contributed by atoms with van der Waals surface area (Å²) < 4.78 is 12.7. The normalized spacial score (nSPS) is 10.8. The summed E-state index contributed by atoms with van der Waals surface area (Å²) in [6, 6.07) is 5.98. The Morgan fingerprint density at radius 2 is 1.90 bits per heavy atom. The summed E-state index contributed by atoms with van der Waals surface area (Å²) in [6.07, 6.45) is 2.36. The van der Waals surface area contributed by atoms with Gasteiger partial charge in [-0.2, -0.15) is 0 Å². The van der Waals surface area contributed by atoms with Gasteiger partial charge in [0.2, 0.25) is 0 Å². The molecule has 0 heterocycles. The van der Waals surface area contributed by atoms with Crippen LogP contribution in [0.1, 0.15) is 24.8 Å². The van der Waals surface area contributed by atoms with Crippen LogP contribution in [0.5, 0.6) is 0 Å². The minimum Gasteiger partial charge on any atom is -0.550 e.